The average molecular weight is 270 g/mol. The van der Waals surface area contributed by atoms with Crippen molar-refractivity contribution in [1.29, 1.82) is 0 Å². The molecule has 1 aliphatic rings. The summed E-state index contributed by atoms with van der Waals surface area (Å²) in [5.41, 5.74) is 5.06. The van der Waals surface area contributed by atoms with Gasteiger partial charge in [0.05, 0.1) is 11.3 Å². The Hall–Kier alpha value is -1.52. The number of nitrogens with two attached hydrogens (primary N) is 1. The Morgan fingerprint density at radius 3 is 2.37 bits per heavy atom. The minimum absolute atomic E-state index is 0.0851. The molecule has 0 unspecified atom stereocenters. The Bertz CT molecular complexity index is 460. The first-order valence-corrected chi connectivity index (χ1v) is 6.49. The van der Waals surface area contributed by atoms with E-state index in [1.54, 1.807) is 6.07 Å². The van der Waals surface area contributed by atoms with Gasteiger partial charge in [0, 0.05) is 5.92 Å². The second-order valence-electron chi connectivity index (χ2n) is 4.89. The zero-order valence-electron chi connectivity index (χ0n) is 10.6. The van der Waals surface area contributed by atoms with Crippen LogP contribution in [0.1, 0.15) is 37.7 Å². The number of amidine groups is 1. The van der Waals surface area contributed by atoms with Crippen LogP contribution >= 0.6 is 0 Å². The average Bonchev–Trinajstić information content (AvgIpc) is 2.39. The van der Waals surface area contributed by atoms with E-state index in [1.165, 1.54) is 18.6 Å². The van der Waals surface area contributed by atoms with Crippen molar-refractivity contribution in [3.8, 4) is 0 Å². The maximum atomic E-state index is 12.8. The summed E-state index contributed by atoms with van der Waals surface area (Å²) < 4.78 is 38.5. The van der Waals surface area contributed by atoms with Crippen molar-refractivity contribution in [2.24, 2.45) is 16.6 Å². The Labute approximate surface area is 110 Å². The van der Waals surface area contributed by atoms with Crippen LogP contribution in [0.4, 0.5) is 18.9 Å². The highest BCUT2D eigenvalue weighted by Gasteiger charge is 2.33. The second kappa shape index (κ2) is 5.63. The highest BCUT2D eigenvalue weighted by atomic mass is 19.4. The van der Waals surface area contributed by atoms with Gasteiger partial charge in [0.25, 0.3) is 0 Å². The summed E-state index contributed by atoms with van der Waals surface area (Å²) in [5, 5.41) is 0. The molecule has 2 rings (SSSR count). The molecular formula is C14H17F3N2. The lowest BCUT2D eigenvalue weighted by atomic mass is 9.88. The number of hydrogen-bond acceptors (Lipinski definition) is 1. The van der Waals surface area contributed by atoms with Crippen LogP contribution in [-0.4, -0.2) is 5.84 Å². The number of aliphatic imine (C=N–C) groups is 1. The van der Waals surface area contributed by atoms with Gasteiger partial charge >= 0.3 is 6.18 Å². The van der Waals surface area contributed by atoms with Gasteiger partial charge in [0.2, 0.25) is 0 Å². The Morgan fingerprint density at radius 2 is 1.74 bits per heavy atom. The minimum atomic E-state index is -4.40. The molecule has 0 radical (unpaired) electrons. The second-order valence-corrected chi connectivity index (χ2v) is 4.89. The quantitative estimate of drug-likeness (QED) is 0.632. The highest BCUT2D eigenvalue weighted by Crippen LogP contribution is 2.36. The smallest absolute Gasteiger partial charge is 0.387 e. The predicted molar refractivity (Wildman–Crippen MR) is 69.3 cm³/mol. The van der Waals surface area contributed by atoms with Gasteiger partial charge < -0.3 is 5.73 Å². The van der Waals surface area contributed by atoms with E-state index in [2.05, 4.69) is 4.99 Å². The number of benzene rings is 1. The van der Waals surface area contributed by atoms with Crippen molar-refractivity contribution in [2.45, 2.75) is 38.3 Å². The van der Waals surface area contributed by atoms with Gasteiger partial charge in [-0.05, 0) is 25.0 Å². The first kappa shape index (κ1) is 13.9. The Kier molecular flexibility index (Phi) is 4.12. The number of para-hydroxylation sites is 1. The molecule has 0 saturated heterocycles. The molecule has 1 saturated carbocycles. The lowest BCUT2D eigenvalue weighted by molar-refractivity contribution is -0.137. The molecule has 1 aromatic carbocycles. The highest BCUT2D eigenvalue weighted by molar-refractivity contribution is 5.85. The van der Waals surface area contributed by atoms with Gasteiger partial charge in [-0.25, -0.2) is 4.99 Å². The largest absolute Gasteiger partial charge is 0.418 e. The van der Waals surface area contributed by atoms with Gasteiger partial charge in [-0.1, -0.05) is 31.4 Å². The van der Waals surface area contributed by atoms with Crippen LogP contribution < -0.4 is 5.73 Å². The van der Waals surface area contributed by atoms with Gasteiger partial charge in [0.1, 0.15) is 5.84 Å². The minimum Gasteiger partial charge on any atom is -0.387 e. The topological polar surface area (TPSA) is 38.4 Å². The fourth-order valence-electron chi connectivity index (χ4n) is 2.44. The van der Waals surface area contributed by atoms with Crippen molar-refractivity contribution in [1.82, 2.24) is 0 Å². The van der Waals surface area contributed by atoms with Gasteiger partial charge in [-0.2, -0.15) is 13.2 Å². The van der Waals surface area contributed by atoms with E-state index in [0.717, 1.165) is 31.7 Å². The standard InChI is InChI=1S/C14H17F3N2/c15-14(16,17)11-8-4-5-9-12(11)19-13(18)10-6-2-1-3-7-10/h4-5,8-10H,1-3,6-7H2,(H2,18,19). The monoisotopic (exact) mass is 270 g/mol. The van der Waals surface area contributed by atoms with E-state index >= 15 is 0 Å². The maximum Gasteiger partial charge on any atom is 0.418 e. The zero-order valence-corrected chi connectivity index (χ0v) is 10.6. The summed E-state index contributed by atoms with van der Waals surface area (Å²) in [7, 11) is 0. The van der Waals surface area contributed by atoms with Crippen molar-refractivity contribution >= 4 is 11.5 Å². The van der Waals surface area contributed by atoms with Crippen LogP contribution in [0.25, 0.3) is 0 Å². The number of halogens is 3. The SMILES string of the molecule is NC(=Nc1ccccc1C(F)(F)F)C1CCCCC1. The van der Waals surface area contributed by atoms with Crippen molar-refractivity contribution < 1.29 is 13.2 Å². The van der Waals surface area contributed by atoms with Crippen molar-refractivity contribution in [3.63, 3.8) is 0 Å². The molecule has 2 N–H and O–H groups in total. The molecule has 0 atom stereocenters. The first-order chi connectivity index (χ1) is 8.98. The molecular weight excluding hydrogens is 253 g/mol. The van der Waals surface area contributed by atoms with Gasteiger partial charge in [-0.3, -0.25) is 0 Å². The Balaban J connectivity index is 2.26. The molecule has 0 heterocycles. The predicted octanol–water partition coefficient (Wildman–Crippen LogP) is 4.27. The molecule has 1 aliphatic carbocycles. The zero-order chi connectivity index (χ0) is 13.9. The molecule has 5 heteroatoms. The number of alkyl halides is 3. The molecule has 1 aromatic rings. The van der Waals surface area contributed by atoms with Crippen LogP contribution in [0.3, 0.4) is 0 Å². The molecule has 0 aliphatic heterocycles. The first-order valence-electron chi connectivity index (χ1n) is 6.49. The lowest BCUT2D eigenvalue weighted by Crippen LogP contribution is -2.25. The summed E-state index contributed by atoms with van der Waals surface area (Å²) in [5.74, 6) is 0.450. The van der Waals surface area contributed by atoms with Gasteiger partial charge in [0.15, 0.2) is 0 Å². The molecule has 2 nitrogen and oxygen atoms in total. The normalized spacial score (nSPS) is 18.6. The maximum absolute atomic E-state index is 12.8. The fourth-order valence-corrected chi connectivity index (χ4v) is 2.44. The van der Waals surface area contributed by atoms with E-state index < -0.39 is 11.7 Å². The van der Waals surface area contributed by atoms with E-state index in [-0.39, 0.29) is 11.6 Å². The summed E-state index contributed by atoms with van der Waals surface area (Å²) >= 11 is 0. The van der Waals surface area contributed by atoms with E-state index in [9.17, 15) is 13.2 Å². The molecule has 104 valence electrons. The summed E-state index contributed by atoms with van der Waals surface area (Å²) in [6, 6.07) is 5.30. The molecule has 0 spiro atoms. The number of rotatable bonds is 2. The van der Waals surface area contributed by atoms with Crippen LogP contribution in [0.5, 0.6) is 0 Å². The van der Waals surface area contributed by atoms with Crippen LogP contribution in [-0.2, 0) is 6.18 Å². The number of hydrogen-bond donors (Lipinski definition) is 1. The third-order valence-corrected chi connectivity index (χ3v) is 3.48. The number of nitrogens with zero attached hydrogens (tertiary/aromatic N) is 1. The van der Waals surface area contributed by atoms with E-state index in [1.807, 2.05) is 0 Å². The van der Waals surface area contributed by atoms with Crippen LogP contribution in [0.2, 0.25) is 0 Å². The summed E-state index contributed by atoms with van der Waals surface area (Å²) in [6.07, 6.45) is 0.756. The summed E-state index contributed by atoms with van der Waals surface area (Å²) in [4.78, 5) is 4.02. The molecule has 0 bridgehead atoms. The summed E-state index contributed by atoms with van der Waals surface area (Å²) in [6.45, 7) is 0. The van der Waals surface area contributed by atoms with Crippen molar-refractivity contribution in [3.05, 3.63) is 29.8 Å². The lowest BCUT2D eigenvalue weighted by Gasteiger charge is -2.21. The van der Waals surface area contributed by atoms with E-state index in [0.29, 0.717) is 5.84 Å². The van der Waals surface area contributed by atoms with Crippen molar-refractivity contribution in [2.75, 3.05) is 0 Å². The Morgan fingerprint density at radius 1 is 1.11 bits per heavy atom. The van der Waals surface area contributed by atoms with Gasteiger partial charge in [-0.15, -0.1) is 0 Å². The third-order valence-electron chi connectivity index (χ3n) is 3.48. The van der Waals surface area contributed by atoms with E-state index in [4.69, 9.17) is 5.73 Å². The van der Waals surface area contributed by atoms with Crippen LogP contribution in [0.15, 0.2) is 29.3 Å². The molecule has 19 heavy (non-hydrogen) atoms. The fraction of sp³-hybridized carbons (Fsp3) is 0.500. The third kappa shape index (κ3) is 3.49. The molecule has 0 amide bonds. The van der Waals surface area contributed by atoms with Crippen LogP contribution in [0, 0.1) is 5.92 Å². The molecule has 0 aromatic heterocycles. The molecule has 1 fully saturated rings.